The number of carboxylic acid groups (broad SMARTS) is 1. The van der Waals surface area contributed by atoms with E-state index in [1.165, 1.54) is 11.6 Å². The molecule has 0 saturated heterocycles. The van der Waals surface area contributed by atoms with E-state index in [2.05, 4.69) is 6.92 Å². The van der Waals surface area contributed by atoms with Gasteiger partial charge in [0.25, 0.3) is 0 Å². The lowest BCUT2D eigenvalue weighted by Gasteiger charge is -2.59. The molecule has 31 heavy (non-hydrogen) atoms. The number of allylic oxidation sites excluding steroid dienone is 2. The summed E-state index contributed by atoms with van der Waals surface area (Å²) in [6, 6.07) is 0. The molecular weight excluding hydrogens is 396 g/mol. The van der Waals surface area contributed by atoms with Crippen molar-refractivity contribution in [2.75, 3.05) is 6.61 Å². The highest BCUT2D eigenvalue weighted by Gasteiger charge is 2.60. The van der Waals surface area contributed by atoms with Crippen molar-refractivity contribution in [1.29, 1.82) is 0 Å². The van der Waals surface area contributed by atoms with Crippen molar-refractivity contribution in [3.05, 3.63) is 22.8 Å². The van der Waals surface area contributed by atoms with Crippen molar-refractivity contribution < 1.29 is 29.6 Å². The van der Waals surface area contributed by atoms with E-state index in [4.69, 9.17) is 9.84 Å². The Hall–Kier alpha value is -1.66. The number of aliphatic hydroxyl groups is 2. The van der Waals surface area contributed by atoms with Crippen molar-refractivity contribution in [2.24, 2.45) is 16.7 Å². The number of unbranched alkanes of at least 4 members (excludes halogenated alkanes) is 1. The first-order valence-electron chi connectivity index (χ1n) is 11.6. The lowest BCUT2D eigenvalue weighted by Crippen LogP contribution is -2.60. The third-order valence-electron chi connectivity index (χ3n) is 7.65. The van der Waals surface area contributed by atoms with Crippen LogP contribution in [-0.2, 0) is 14.3 Å². The summed E-state index contributed by atoms with van der Waals surface area (Å²) in [4.78, 5) is 23.3. The van der Waals surface area contributed by atoms with Crippen LogP contribution in [0, 0.1) is 16.7 Å². The van der Waals surface area contributed by atoms with Crippen LogP contribution in [0.15, 0.2) is 22.8 Å². The molecule has 0 amide bonds. The number of hydrogen-bond acceptors (Lipinski definition) is 5. The van der Waals surface area contributed by atoms with E-state index in [0.29, 0.717) is 25.7 Å². The van der Waals surface area contributed by atoms with Crippen LogP contribution in [0.5, 0.6) is 0 Å². The third-order valence-corrected chi connectivity index (χ3v) is 7.65. The average molecular weight is 437 g/mol. The summed E-state index contributed by atoms with van der Waals surface area (Å²) in [6.45, 7) is 9.82. The van der Waals surface area contributed by atoms with E-state index in [0.717, 1.165) is 36.8 Å². The quantitative estimate of drug-likeness (QED) is 0.281. The average Bonchev–Trinajstić information content (AvgIpc) is 2.67. The summed E-state index contributed by atoms with van der Waals surface area (Å²) in [7, 11) is 0. The number of carbonyl (C=O) groups excluding carboxylic acids is 1. The van der Waals surface area contributed by atoms with Gasteiger partial charge in [-0.05, 0) is 57.8 Å². The first kappa shape index (κ1) is 25.6. The fraction of sp³-hybridized carbons (Fsp3) is 0.760. The molecule has 0 radical (unpaired) electrons. The molecule has 0 bridgehead atoms. The summed E-state index contributed by atoms with van der Waals surface area (Å²) in [5.41, 5.74) is 2.12. The number of carboxylic acids is 1. The number of aliphatic carboxylic acids is 1. The van der Waals surface area contributed by atoms with Crippen molar-refractivity contribution in [3.63, 3.8) is 0 Å². The van der Waals surface area contributed by atoms with Gasteiger partial charge in [0.05, 0.1) is 12.7 Å². The molecule has 0 aromatic heterocycles. The Bertz CT molecular complexity index is 738. The van der Waals surface area contributed by atoms with Gasteiger partial charge < -0.3 is 20.1 Å². The molecule has 3 N–H and O–H groups in total. The van der Waals surface area contributed by atoms with Gasteiger partial charge in [-0.2, -0.15) is 0 Å². The minimum Gasteiger partial charge on any atom is -0.478 e. The lowest BCUT2D eigenvalue weighted by atomic mass is 9.47. The van der Waals surface area contributed by atoms with E-state index < -0.39 is 23.6 Å². The van der Waals surface area contributed by atoms with Crippen molar-refractivity contribution >= 4 is 11.9 Å². The third kappa shape index (κ3) is 5.40. The summed E-state index contributed by atoms with van der Waals surface area (Å²) in [5.74, 6) is -1.42. The second kappa shape index (κ2) is 10.3. The summed E-state index contributed by atoms with van der Waals surface area (Å²) in [6.07, 6.45) is 5.54. The zero-order valence-electron chi connectivity index (χ0n) is 19.7. The highest BCUT2D eigenvalue weighted by Crippen LogP contribution is 2.61. The van der Waals surface area contributed by atoms with E-state index in [-0.39, 0.29) is 23.9 Å². The molecule has 5 atom stereocenters. The summed E-state index contributed by atoms with van der Waals surface area (Å²) in [5, 5.41) is 30.6. The molecular formula is C25H40O6. The van der Waals surface area contributed by atoms with Crippen LogP contribution in [0.3, 0.4) is 0 Å². The van der Waals surface area contributed by atoms with Crippen LogP contribution >= 0.6 is 0 Å². The van der Waals surface area contributed by atoms with Crippen molar-refractivity contribution in [2.45, 2.75) is 98.2 Å². The molecule has 0 aromatic carbocycles. The Morgan fingerprint density at radius 3 is 2.52 bits per heavy atom. The molecule has 176 valence electrons. The van der Waals surface area contributed by atoms with Crippen molar-refractivity contribution in [3.8, 4) is 0 Å². The minimum atomic E-state index is -0.940. The zero-order valence-corrected chi connectivity index (χ0v) is 19.7. The number of aliphatic hydroxyl groups excluding tert-OH is 2. The van der Waals surface area contributed by atoms with Gasteiger partial charge in [0.2, 0.25) is 0 Å². The molecule has 0 aromatic rings. The van der Waals surface area contributed by atoms with Gasteiger partial charge in [0, 0.05) is 23.8 Å². The highest BCUT2D eigenvalue weighted by atomic mass is 16.5. The Morgan fingerprint density at radius 2 is 1.94 bits per heavy atom. The maximum Gasteiger partial charge on any atom is 0.328 e. The molecule has 1 saturated carbocycles. The topological polar surface area (TPSA) is 104 Å². The Kier molecular flexibility index (Phi) is 8.51. The van der Waals surface area contributed by atoms with Gasteiger partial charge in [-0.15, -0.1) is 0 Å². The van der Waals surface area contributed by atoms with Crippen LogP contribution in [0.25, 0.3) is 0 Å². The normalized spacial score (nSPS) is 33.8. The molecule has 0 spiro atoms. The Morgan fingerprint density at radius 1 is 1.26 bits per heavy atom. The first-order valence-corrected chi connectivity index (χ1v) is 11.6. The van der Waals surface area contributed by atoms with Gasteiger partial charge >= 0.3 is 11.9 Å². The lowest BCUT2D eigenvalue weighted by molar-refractivity contribution is -0.190. The van der Waals surface area contributed by atoms with E-state index in [1.807, 2.05) is 27.7 Å². The number of fused-ring (bicyclic) bond motifs is 1. The Balaban J connectivity index is 2.32. The highest BCUT2D eigenvalue weighted by molar-refractivity contribution is 5.80. The van der Waals surface area contributed by atoms with E-state index in [1.54, 1.807) is 0 Å². The van der Waals surface area contributed by atoms with Crippen molar-refractivity contribution in [1.82, 2.24) is 0 Å². The smallest absolute Gasteiger partial charge is 0.328 e. The molecule has 1 fully saturated rings. The maximum absolute atomic E-state index is 12.3. The van der Waals surface area contributed by atoms with Crippen LogP contribution in [0.2, 0.25) is 0 Å². The molecule has 0 aliphatic heterocycles. The van der Waals surface area contributed by atoms with Gasteiger partial charge in [-0.1, -0.05) is 43.9 Å². The van der Waals surface area contributed by atoms with E-state index in [9.17, 15) is 19.8 Å². The fourth-order valence-corrected chi connectivity index (χ4v) is 6.13. The molecule has 0 heterocycles. The largest absolute Gasteiger partial charge is 0.478 e. The molecule has 6 heteroatoms. The molecule has 2 aliphatic rings. The van der Waals surface area contributed by atoms with E-state index >= 15 is 0 Å². The monoisotopic (exact) mass is 436 g/mol. The number of esters is 1. The number of ether oxygens (including phenoxy) is 1. The second-order valence-corrected chi connectivity index (χ2v) is 10.0. The maximum atomic E-state index is 12.3. The van der Waals surface area contributed by atoms with Crippen LogP contribution in [0.4, 0.5) is 0 Å². The zero-order chi connectivity index (χ0) is 23.4. The molecule has 6 nitrogen and oxygen atoms in total. The summed E-state index contributed by atoms with van der Waals surface area (Å²) < 4.78 is 5.85. The SMILES string of the molecule is CCCCC(=O)OC1CC[C@]2(C)C(CC/C(C)=C/C(=O)O)=C(C)C[C@@H](O)C2[C@@]1(C)CO. The van der Waals surface area contributed by atoms with Gasteiger partial charge in [-0.25, -0.2) is 4.79 Å². The standard InChI is InChI=1S/C25H40O6/c1-6-7-8-22(30)31-20-11-12-24(4)18(10-9-16(2)13-21(28)29)17(3)14-19(27)23(24)25(20,5)15-26/h13,19-20,23,26-27H,6-12,14-15H2,1-5H3,(H,28,29)/b16-13+/t19-,20?,23?,24-,25+/m1/s1. The van der Waals surface area contributed by atoms with Gasteiger partial charge in [0.15, 0.2) is 0 Å². The molecule has 2 rings (SSSR count). The fourth-order valence-electron chi connectivity index (χ4n) is 6.13. The number of rotatable bonds is 9. The molecule has 2 unspecified atom stereocenters. The molecule has 2 aliphatic carbocycles. The Labute approximate surface area is 186 Å². The summed E-state index contributed by atoms with van der Waals surface area (Å²) >= 11 is 0. The number of carbonyl (C=O) groups is 2. The predicted molar refractivity (Wildman–Crippen MR) is 119 cm³/mol. The number of hydrogen-bond donors (Lipinski definition) is 3. The second-order valence-electron chi connectivity index (χ2n) is 10.0. The minimum absolute atomic E-state index is 0.166. The van der Waals surface area contributed by atoms with Gasteiger partial charge in [0.1, 0.15) is 6.10 Å². The van der Waals surface area contributed by atoms with Crippen LogP contribution < -0.4 is 0 Å². The first-order chi connectivity index (χ1) is 14.5. The van der Waals surface area contributed by atoms with Crippen LogP contribution in [0.1, 0.15) is 86.0 Å². The van der Waals surface area contributed by atoms with Gasteiger partial charge in [-0.3, -0.25) is 4.79 Å². The predicted octanol–water partition coefficient (Wildman–Crippen LogP) is 4.40. The van der Waals surface area contributed by atoms with Crippen LogP contribution in [-0.4, -0.2) is 46.1 Å².